The van der Waals surface area contributed by atoms with Crippen LogP contribution in [0.2, 0.25) is 0 Å². The summed E-state index contributed by atoms with van der Waals surface area (Å²) in [5, 5.41) is 3.66. The van der Waals surface area contributed by atoms with Gasteiger partial charge in [-0.05, 0) is 70.4 Å². The maximum Gasteiger partial charge on any atom is 0.0254 e. The van der Waals surface area contributed by atoms with E-state index in [4.69, 9.17) is 0 Å². The molecule has 3 fully saturated rings. The van der Waals surface area contributed by atoms with E-state index in [0.29, 0.717) is 0 Å². The van der Waals surface area contributed by atoms with Crippen molar-refractivity contribution >= 4 is 0 Å². The van der Waals surface area contributed by atoms with Crippen LogP contribution in [-0.2, 0) is 0 Å². The third-order valence-corrected chi connectivity index (χ3v) is 6.71. The van der Waals surface area contributed by atoms with E-state index in [2.05, 4.69) is 24.2 Å². The summed E-state index contributed by atoms with van der Waals surface area (Å²) in [7, 11) is 2.19. The van der Waals surface area contributed by atoms with Gasteiger partial charge in [0, 0.05) is 18.1 Å². The van der Waals surface area contributed by atoms with E-state index < -0.39 is 0 Å². The summed E-state index contributed by atoms with van der Waals surface area (Å²) in [5.74, 6) is 2.02. The van der Waals surface area contributed by atoms with Gasteiger partial charge in [0.05, 0.1) is 0 Å². The lowest BCUT2D eigenvalue weighted by Crippen LogP contribution is -2.55. The molecule has 4 unspecified atom stereocenters. The third kappa shape index (κ3) is 3.47. The fourth-order valence-electron chi connectivity index (χ4n) is 5.68. The zero-order valence-electron chi connectivity index (χ0n) is 14.3. The van der Waals surface area contributed by atoms with Crippen molar-refractivity contribution in [2.75, 3.05) is 13.6 Å². The predicted octanol–water partition coefficient (Wildman–Crippen LogP) is 4.20. The Kier molecular flexibility index (Phi) is 5.61. The average molecular weight is 293 g/mol. The maximum atomic E-state index is 3.66. The van der Waals surface area contributed by atoms with E-state index in [9.17, 15) is 0 Å². The van der Waals surface area contributed by atoms with Crippen LogP contribution in [0.5, 0.6) is 0 Å². The molecule has 0 bridgehead atoms. The monoisotopic (exact) mass is 292 g/mol. The largest absolute Gasteiger partial charge is 0.315 e. The summed E-state index contributed by atoms with van der Waals surface area (Å²) >= 11 is 0. The van der Waals surface area contributed by atoms with Crippen molar-refractivity contribution in [2.45, 2.75) is 95.7 Å². The number of hydrogen-bond donors (Lipinski definition) is 1. The van der Waals surface area contributed by atoms with Crippen LogP contribution < -0.4 is 5.32 Å². The van der Waals surface area contributed by atoms with Crippen molar-refractivity contribution in [3.8, 4) is 0 Å². The highest BCUT2D eigenvalue weighted by Gasteiger charge is 2.41. The molecule has 1 N–H and O–H groups in total. The van der Waals surface area contributed by atoms with Crippen molar-refractivity contribution < 1.29 is 0 Å². The average Bonchev–Trinajstić information content (AvgIpc) is 3.18. The molecule has 0 aromatic rings. The van der Waals surface area contributed by atoms with Crippen molar-refractivity contribution in [3.05, 3.63) is 0 Å². The van der Waals surface area contributed by atoms with Gasteiger partial charge >= 0.3 is 0 Å². The van der Waals surface area contributed by atoms with Gasteiger partial charge in [-0.25, -0.2) is 0 Å². The minimum atomic E-state index is 0.750. The van der Waals surface area contributed by atoms with Crippen molar-refractivity contribution in [1.82, 2.24) is 10.2 Å². The molecule has 3 rings (SSSR count). The molecule has 1 saturated heterocycles. The number of rotatable bonds is 5. The number of nitrogens with zero attached hydrogens (tertiary/aromatic N) is 1. The van der Waals surface area contributed by atoms with Crippen LogP contribution in [0.3, 0.4) is 0 Å². The Balaban J connectivity index is 1.68. The second-order valence-electron chi connectivity index (χ2n) is 7.92. The van der Waals surface area contributed by atoms with Crippen LogP contribution in [-0.4, -0.2) is 36.6 Å². The maximum absolute atomic E-state index is 3.66. The van der Waals surface area contributed by atoms with E-state index >= 15 is 0 Å². The van der Waals surface area contributed by atoms with E-state index in [1.807, 2.05) is 0 Å². The van der Waals surface area contributed by atoms with E-state index in [0.717, 1.165) is 30.0 Å². The van der Waals surface area contributed by atoms with Crippen LogP contribution in [0.25, 0.3) is 0 Å². The van der Waals surface area contributed by atoms with E-state index in [1.165, 1.54) is 77.2 Å². The molecule has 2 nitrogen and oxygen atoms in total. The molecule has 21 heavy (non-hydrogen) atoms. The minimum Gasteiger partial charge on any atom is -0.315 e. The highest BCUT2D eigenvalue weighted by atomic mass is 15.2. The zero-order chi connectivity index (χ0) is 14.7. The lowest BCUT2D eigenvalue weighted by atomic mass is 9.78. The Morgan fingerprint density at radius 3 is 2.48 bits per heavy atom. The normalized spacial score (nSPS) is 39.1. The van der Waals surface area contributed by atoms with E-state index in [1.54, 1.807) is 0 Å². The van der Waals surface area contributed by atoms with Gasteiger partial charge in [-0.2, -0.15) is 0 Å². The summed E-state index contributed by atoms with van der Waals surface area (Å²) < 4.78 is 0. The number of nitrogens with one attached hydrogen (secondary N) is 1. The standard InChI is InChI=1S/C19H36N2/c1-3-7-15-11-12-17(20-2)19(14-15)21-13-6-10-18(21)16-8-4-5-9-16/h15-20H,3-14H2,1-2H3. The Morgan fingerprint density at radius 1 is 0.952 bits per heavy atom. The summed E-state index contributed by atoms with van der Waals surface area (Å²) in [6, 6.07) is 2.50. The van der Waals surface area contributed by atoms with Gasteiger partial charge in [0.1, 0.15) is 0 Å². The van der Waals surface area contributed by atoms with Gasteiger partial charge in [-0.1, -0.05) is 32.6 Å². The van der Waals surface area contributed by atoms with Crippen LogP contribution in [0.1, 0.15) is 77.6 Å². The summed E-state index contributed by atoms with van der Waals surface area (Å²) in [6.45, 7) is 3.74. The first-order valence-corrected chi connectivity index (χ1v) is 9.76. The Bertz CT molecular complexity index is 311. The SMILES string of the molecule is CCCC1CCC(NC)C(N2CCCC2C2CCCC2)C1. The number of hydrogen-bond acceptors (Lipinski definition) is 2. The highest BCUT2D eigenvalue weighted by molar-refractivity contribution is 4.97. The first-order chi connectivity index (χ1) is 10.3. The van der Waals surface area contributed by atoms with Crippen LogP contribution in [0.15, 0.2) is 0 Å². The first-order valence-electron chi connectivity index (χ1n) is 9.76. The molecule has 4 atom stereocenters. The molecule has 0 spiro atoms. The van der Waals surface area contributed by atoms with Crippen molar-refractivity contribution in [1.29, 1.82) is 0 Å². The molecule has 0 amide bonds. The fraction of sp³-hybridized carbons (Fsp3) is 1.00. The number of likely N-dealkylation sites (N-methyl/N-ethyl adjacent to an activating group) is 1. The topological polar surface area (TPSA) is 15.3 Å². The molecule has 2 aliphatic carbocycles. The second-order valence-corrected chi connectivity index (χ2v) is 7.92. The summed E-state index contributed by atoms with van der Waals surface area (Å²) in [5.41, 5.74) is 0. The molecular weight excluding hydrogens is 256 g/mol. The molecule has 3 aliphatic rings. The van der Waals surface area contributed by atoms with Gasteiger partial charge in [0.25, 0.3) is 0 Å². The quantitative estimate of drug-likeness (QED) is 0.817. The molecule has 122 valence electrons. The van der Waals surface area contributed by atoms with Crippen LogP contribution in [0.4, 0.5) is 0 Å². The lowest BCUT2D eigenvalue weighted by Gasteiger charge is -2.45. The van der Waals surface area contributed by atoms with E-state index in [-0.39, 0.29) is 0 Å². The van der Waals surface area contributed by atoms with Crippen molar-refractivity contribution in [3.63, 3.8) is 0 Å². The fourth-order valence-corrected chi connectivity index (χ4v) is 5.68. The first kappa shape index (κ1) is 15.8. The molecule has 2 heteroatoms. The predicted molar refractivity (Wildman–Crippen MR) is 90.6 cm³/mol. The molecule has 1 heterocycles. The zero-order valence-corrected chi connectivity index (χ0v) is 14.3. The Morgan fingerprint density at radius 2 is 1.76 bits per heavy atom. The van der Waals surface area contributed by atoms with Gasteiger partial charge in [0.15, 0.2) is 0 Å². The van der Waals surface area contributed by atoms with Crippen molar-refractivity contribution in [2.24, 2.45) is 11.8 Å². The molecule has 0 aromatic heterocycles. The third-order valence-electron chi connectivity index (χ3n) is 6.71. The molecule has 2 saturated carbocycles. The Labute approximate surface area is 132 Å². The Hall–Kier alpha value is -0.0800. The van der Waals surface area contributed by atoms with Crippen LogP contribution in [0, 0.1) is 11.8 Å². The lowest BCUT2D eigenvalue weighted by molar-refractivity contribution is 0.0648. The molecule has 0 radical (unpaired) electrons. The number of likely N-dealkylation sites (tertiary alicyclic amines) is 1. The van der Waals surface area contributed by atoms with Gasteiger partial charge in [-0.15, -0.1) is 0 Å². The highest BCUT2D eigenvalue weighted by Crippen LogP contribution is 2.40. The molecule has 1 aliphatic heterocycles. The second kappa shape index (κ2) is 7.46. The molecular formula is C19H36N2. The van der Waals surface area contributed by atoms with Gasteiger partial charge in [0.2, 0.25) is 0 Å². The minimum absolute atomic E-state index is 0.750. The smallest absolute Gasteiger partial charge is 0.0254 e. The molecule has 0 aromatic carbocycles. The summed E-state index contributed by atoms with van der Waals surface area (Å²) in [6.07, 6.45) is 16.1. The van der Waals surface area contributed by atoms with Gasteiger partial charge < -0.3 is 5.32 Å². The van der Waals surface area contributed by atoms with Gasteiger partial charge in [-0.3, -0.25) is 4.90 Å². The van der Waals surface area contributed by atoms with Crippen LogP contribution >= 0.6 is 0 Å². The summed E-state index contributed by atoms with van der Waals surface area (Å²) in [4.78, 5) is 2.97.